The van der Waals surface area contributed by atoms with Crippen LogP contribution < -0.4 is 5.32 Å². The van der Waals surface area contributed by atoms with E-state index < -0.39 is 0 Å². The van der Waals surface area contributed by atoms with Crippen LogP contribution in [0.3, 0.4) is 0 Å². The highest BCUT2D eigenvalue weighted by Crippen LogP contribution is 2.22. The Kier molecular flexibility index (Phi) is 2.45. The van der Waals surface area contributed by atoms with Crippen molar-refractivity contribution >= 4 is 5.91 Å². The fourth-order valence-electron chi connectivity index (χ4n) is 1.44. The van der Waals surface area contributed by atoms with Crippen LogP contribution in [-0.2, 0) is 4.74 Å². The summed E-state index contributed by atoms with van der Waals surface area (Å²) in [6.07, 6.45) is 3.34. The molecule has 1 aromatic heterocycles. The Morgan fingerprint density at radius 3 is 3.07 bits per heavy atom. The lowest BCUT2D eigenvalue weighted by Crippen LogP contribution is -2.47. The van der Waals surface area contributed by atoms with Gasteiger partial charge in [-0.15, -0.1) is 0 Å². The summed E-state index contributed by atoms with van der Waals surface area (Å²) in [5.74, 6) is 0.0490. The van der Waals surface area contributed by atoms with E-state index in [2.05, 4.69) is 20.5 Å². The third kappa shape index (κ3) is 1.74. The smallest absolute Gasteiger partial charge is 0.288 e. The molecule has 2 N–H and O–H groups in total. The summed E-state index contributed by atoms with van der Waals surface area (Å²) in [6, 6.07) is 0.206. The van der Waals surface area contributed by atoms with Crippen molar-refractivity contribution in [3.63, 3.8) is 0 Å². The molecule has 1 aliphatic rings. The molecule has 1 aliphatic carbocycles. The van der Waals surface area contributed by atoms with Gasteiger partial charge in [0.25, 0.3) is 5.91 Å². The molecule has 0 aliphatic heterocycles. The van der Waals surface area contributed by atoms with Crippen LogP contribution in [0.4, 0.5) is 0 Å². The van der Waals surface area contributed by atoms with E-state index in [0.717, 1.165) is 12.8 Å². The molecule has 1 saturated carbocycles. The van der Waals surface area contributed by atoms with Crippen LogP contribution in [0.5, 0.6) is 0 Å². The van der Waals surface area contributed by atoms with E-state index in [4.69, 9.17) is 4.74 Å². The van der Waals surface area contributed by atoms with Gasteiger partial charge in [0, 0.05) is 13.2 Å². The summed E-state index contributed by atoms with van der Waals surface area (Å²) in [5.41, 5.74) is 0. The number of rotatable bonds is 3. The molecule has 14 heavy (non-hydrogen) atoms. The number of methoxy groups -OCH3 is 1. The highest BCUT2D eigenvalue weighted by molar-refractivity contribution is 5.90. The van der Waals surface area contributed by atoms with Gasteiger partial charge in [0.05, 0.1) is 6.10 Å². The number of hydrogen-bond acceptors (Lipinski definition) is 4. The van der Waals surface area contributed by atoms with E-state index in [1.54, 1.807) is 7.11 Å². The lowest BCUT2D eigenvalue weighted by atomic mass is 9.89. The first-order chi connectivity index (χ1) is 6.79. The molecule has 0 unspecified atom stereocenters. The van der Waals surface area contributed by atoms with Gasteiger partial charge in [0.2, 0.25) is 5.82 Å². The highest BCUT2D eigenvalue weighted by atomic mass is 16.5. The van der Waals surface area contributed by atoms with Crippen molar-refractivity contribution in [1.82, 2.24) is 20.5 Å². The second-order valence-corrected chi connectivity index (χ2v) is 3.33. The van der Waals surface area contributed by atoms with Crippen LogP contribution in [0.25, 0.3) is 0 Å². The quantitative estimate of drug-likeness (QED) is 0.696. The fraction of sp³-hybridized carbons (Fsp3) is 0.625. The summed E-state index contributed by atoms with van der Waals surface area (Å²) in [5, 5.41) is 8.95. The monoisotopic (exact) mass is 196 g/mol. The number of nitrogens with one attached hydrogen (secondary N) is 2. The Balaban J connectivity index is 1.80. The second kappa shape index (κ2) is 3.75. The first kappa shape index (κ1) is 9.14. The average molecular weight is 196 g/mol. The third-order valence-corrected chi connectivity index (χ3v) is 2.39. The first-order valence-electron chi connectivity index (χ1n) is 4.48. The minimum Gasteiger partial charge on any atom is -0.381 e. The number of ether oxygens (including phenoxy) is 1. The maximum Gasteiger partial charge on any atom is 0.288 e. The molecule has 0 aromatic carbocycles. The van der Waals surface area contributed by atoms with Crippen molar-refractivity contribution in [1.29, 1.82) is 0 Å². The molecule has 1 heterocycles. The summed E-state index contributed by atoms with van der Waals surface area (Å²) in [4.78, 5) is 15.2. The molecule has 0 atom stereocenters. The lowest BCUT2D eigenvalue weighted by Gasteiger charge is -2.34. The lowest BCUT2D eigenvalue weighted by molar-refractivity contribution is 0.0174. The van der Waals surface area contributed by atoms with Crippen LogP contribution in [0.1, 0.15) is 23.5 Å². The molecule has 0 spiro atoms. The predicted octanol–water partition coefficient (Wildman–Crippen LogP) is -0.288. The maximum absolute atomic E-state index is 11.4. The zero-order chi connectivity index (χ0) is 9.97. The Hall–Kier alpha value is -1.43. The second-order valence-electron chi connectivity index (χ2n) is 3.33. The largest absolute Gasteiger partial charge is 0.381 e. The Morgan fingerprint density at radius 1 is 1.71 bits per heavy atom. The normalized spacial score (nSPS) is 25.5. The van der Waals surface area contributed by atoms with E-state index in [0.29, 0.717) is 0 Å². The Labute approximate surface area is 81.1 Å². The molecule has 1 fully saturated rings. The zero-order valence-corrected chi connectivity index (χ0v) is 7.86. The molecule has 0 saturated heterocycles. The summed E-state index contributed by atoms with van der Waals surface area (Å²) in [6.45, 7) is 0. The van der Waals surface area contributed by atoms with Crippen LogP contribution >= 0.6 is 0 Å². The van der Waals surface area contributed by atoms with Crippen LogP contribution in [0.2, 0.25) is 0 Å². The zero-order valence-electron chi connectivity index (χ0n) is 7.86. The van der Waals surface area contributed by atoms with Gasteiger partial charge in [-0.2, -0.15) is 5.10 Å². The molecular formula is C8H12N4O2. The molecule has 6 nitrogen and oxygen atoms in total. The van der Waals surface area contributed by atoms with E-state index in [1.807, 2.05) is 0 Å². The maximum atomic E-state index is 11.4. The minimum absolute atomic E-state index is 0.206. The van der Waals surface area contributed by atoms with Crippen molar-refractivity contribution in [2.75, 3.05) is 7.11 Å². The summed E-state index contributed by atoms with van der Waals surface area (Å²) in [7, 11) is 1.68. The first-order valence-corrected chi connectivity index (χ1v) is 4.48. The van der Waals surface area contributed by atoms with E-state index >= 15 is 0 Å². The number of amides is 1. The number of H-pyrrole nitrogens is 1. The predicted molar refractivity (Wildman–Crippen MR) is 47.7 cm³/mol. The molecule has 76 valence electrons. The molecule has 1 aromatic rings. The van der Waals surface area contributed by atoms with Gasteiger partial charge in [-0.25, -0.2) is 4.98 Å². The summed E-state index contributed by atoms with van der Waals surface area (Å²) < 4.78 is 5.10. The number of aromatic nitrogens is 3. The molecule has 2 rings (SSSR count). The standard InChI is InChI=1S/C8H12N4O2/c1-14-6-2-5(3-6)11-8(13)7-9-4-10-12-7/h4-6H,2-3H2,1H3,(H,11,13)(H,9,10,12). The number of nitrogens with zero attached hydrogens (tertiary/aromatic N) is 2. The minimum atomic E-state index is -0.206. The van der Waals surface area contributed by atoms with Crippen LogP contribution in [-0.4, -0.2) is 40.3 Å². The number of carbonyl (C=O) groups excluding carboxylic acids is 1. The van der Waals surface area contributed by atoms with Crippen molar-refractivity contribution in [3.8, 4) is 0 Å². The SMILES string of the molecule is COC1CC(NC(=O)c2ncn[nH]2)C1. The number of hydrogen-bond donors (Lipinski definition) is 2. The van der Waals surface area contributed by atoms with Crippen molar-refractivity contribution in [2.24, 2.45) is 0 Å². The van der Waals surface area contributed by atoms with Gasteiger partial charge < -0.3 is 10.1 Å². The van der Waals surface area contributed by atoms with Gasteiger partial charge in [-0.3, -0.25) is 9.89 Å². The fourth-order valence-corrected chi connectivity index (χ4v) is 1.44. The average Bonchev–Trinajstić information content (AvgIpc) is 2.62. The number of aromatic amines is 1. The van der Waals surface area contributed by atoms with Gasteiger partial charge in [0.1, 0.15) is 6.33 Å². The third-order valence-electron chi connectivity index (χ3n) is 2.39. The number of carbonyl (C=O) groups is 1. The van der Waals surface area contributed by atoms with Crippen molar-refractivity contribution < 1.29 is 9.53 Å². The molecule has 0 radical (unpaired) electrons. The molecule has 0 bridgehead atoms. The van der Waals surface area contributed by atoms with Crippen molar-refractivity contribution in [2.45, 2.75) is 25.0 Å². The van der Waals surface area contributed by atoms with E-state index in [-0.39, 0.29) is 23.9 Å². The van der Waals surface area contributed by atoms with Gasteiger partial charge in [0.15, 0.2) is 0 Å². The van der Waals surface area contributed by atoms with Crippen LogP contribution in [0.15, 0.2) is 6.33 Å². The van der Waals surface area contributed by atoms with Gasteiger partial charge >= 0.3 is 0 Å². The van der Waals surface area contributed by atoms with Crippen LogP contribution in [0, 0.1) is 0 Å². The van der Waals surface area contributed by atoms with Gasteiger partial charge in [-0.1, -0.05) is 0 Å². The van der Waals surface area contributed by atoms with E-state index in [9.17, 15) is 4.79 Å². The topological polar surface area (TPSA) is 79.9 Å². The van der Waals surface area contributed by atoms with Crippen molar-refractivity contribution in [3.05, 3.63) is 12.2 Å². The highest BCUT2D eigenvalue weighted by Gasteiger charge is 2.30. The van der Waals surface area contributed by atoms with Gasteiger partial charge in [-0.05, 0) is 12.8 Å². The molecular weight excluding hydrogens is 184 g/mol. The molecule has 6 heteroatoms. The summed E-state index contributed by atoms with van der Waals surface area (Å²) >= 11 is 0. The Bertz CT molecular complexity index is 305. The van der Waals surface area contributed by atoms with E-state index in [1.165, 1.54) is 6.33 Å². The molecule has 1 amide bonds. The Morgan fingerprint density at radius 2 is 2.50 bits per heavy atom.